The molecule has 108 heavy (non-hydrogen) atoms. The molecule has 2 fully saturated rings. The number of aromatic nitrogens is 4. The number of hydrogen-bond acceptors (Lipinski definition) is 8. The van der Waals surface area contributed by atoms with Crippen molar-refractivity contribution in [2.75, 3.05) is 37.1 Å². The predicted octanol–water partition coefficient (Wildman–Crippen LogP) is 21.1. The van der Waals surface area contributed by atoms with Gasteiger partial charge in [0.15, 0.2) is 0 Å². The van der Waals surface area contributed by atoms with Gasteiger partial charge in [-0.2, -0.15) is 0 Å². The third-order valence-corrected chi connectivity index (χ3v) is 18.8. The number of carbonyl (C=O) groups is 2. The van der Waals surface area contributed by atoms with Crippen LogP contribution in [0.25, 0.3) is 43.6 Å². The predicted molar refractivity (Wildman–Crippen MR) is 436 cm³/mol. The summed E-state index contributed by atoms with van der Waals surface area (Å²) in [6, 6.07) is 63.1. The van der Waals surface area contributed by atoms with Gasteiger partial charge >= 0.3 is 65.4 Å². The van der Waals surface area contributed by atoms with Crippen LogP contribution in [0.15, 0.2) is 204 Å². The second-order valence-electron chi connectivity index (χ2n) is 29.6. The van der Waals surface area contributed by atoms with Crippen LogP contribution in [0.3, 0.4) is 0 Å². The average molecular weight is 1600 g/mol. The van der Waals surface area contributed by atoms with Gasteiger partial charge in [-0.15, -0.1) is 33.5 Å². The van der Waals surface area contributed by atoms with Crippen LogP contribution in [0.4, 0.5) is 22.7 Å². The largest absolute Gasteiger partial charge is 3.00 e. The summed E-state index contributed by atoms with van der Waals surface area (Å²) < 4.78 is 9.89. The minimum Gasteiger partial charge on any atom is -0.859 e. The Morgan fingerprint density at radius 2 is 0.528 bits per heavy atom. The summed E-state index contributed by atoms with van der Waals surface area (Å²) in [6.45, 7) is 38.1. The van der Waals surface area contributed by atoms with Crippen LogP contribution < -0.4 is 40.8 Å². The zero-order valence-electron chi connectivity index (χ0n) is 66.0. The molecular formula is C92H106N8O6Y2. The summed E-state index contributed by atoms with van der Waals surface area (Å²) in [5, 5.41) is 35.6. The van der Waals surface area contributed by atoms with E-state index in [1.165, 1.54) is 25.7 Å². The van der Waals surface area contributed by atoms with Crippen LogP contribution >= 0.6 is 0 Å². The van der Waals surface area contributed by atoms with Crippen molar-refractivity contribution in [3.8, 4) is 0 Å². The Hall–Kier alpha value is -8.07. The number of para-hydroxylation sites is 8. The zero-order chi connectivity index (χ0) is 76.1. The fourth-order valence-electron chi connectivity index (χ4n) is 12.9. The summed E-state index contributed by atoms with van der Waals surface area (Å²) in [4.78, 5) is 52.2. The van der Waals surface area contributed by atoms with Crippen LogP contribution in [0.2, 0.25) is 0 Å². The van der Waals surface area contributed by atoms with Gasteiger partial charge in [-0.3, -0.25) is 19.6 Å². The van der Waals surface area contributed by atoms with Crippen LogP contribution in [0.1, 0.15) is 261 Å². The summed E-state index contributed by atoms with van der Waals surface area (Å²) >= 11 is 0. The number of rotatable bonds is 16. The van der Waals surface area contributed by atoms with Gasteiger partial charge in [-0.05, 0) is 151 Å². The molecule has 2 amide bonds. The van der Waals surface area contributed by atoms with E-state index >= 15 is 0 Å². The number of benzene rings is 8. The Morgan fingerprint density at radius 1 is 0.315 bits per heavy atom. The van der Waals surface area contributed by atoms with Gasteiger partial charge in [0.05, 0.1) is 11.4 Å². The Kier molecular flexibility index (Phi) is 34.1. The fourth-order valence-corrected chi connectivity index (χ4v) is 12.9. The van der Waals surface area contributed by atoms with Crippen molar-refractivity contribution in [2.45, 2.75) is 184 Å². The molecule has 16 heteroatoms. The third kappa shape index (κ3) is 23.5. The second-order valence-corrected chi connectivity index (χ2v) is 29.6. The summed E-state index contributed by atoms with van der Waals surface area (Å²) in [6.07, 6.45) is 5.11. The van der Waals surface area contributed by atoms with Gasteiger partial charge in [0.2, 0.25) is 11.8 Å². The van der Waals surface area contributed by atoms with Gasteiger partial charge in [0.1, 0.15) is 0 Å². The first-order valence-electron chi connectivity index (χ1n) is 37.8. The fraction of sp³-hybridized carbons (Fsp3) is 0.348. The number of amides is 2. The molecule has 0 aliphatic carbocycles. The van der Waals surface area contributed by atoms with Crippen LogP contribution in [0, 0.1) is 0 Å². The van der Waals surface area contributed by atoms with Crippen molar-refractivity contribution in [1.29, 1.82) is 0 Å². The number of ether oxygens (including phenoxy) is 2. The summed E-state index contributed by atoms with van der Waals surface area (Å²) in [5.74, 6) is 1.73. The summed E-state index contributed by atoms with van der Waals surface area (Å²) in [5.41, 5.74) is 17.6. The van der Waals surface area contributed by atoms with E-state index in [9.17, 15) is 19.8 Å². The molecule has 0 atom stereocenters. The maximum Gasteiger partial charge on any atom is 3.00 e. The molecule has 0 unspecified atom stereocenters. The standard InChI is InChI=1S/2C21H24N2O.2C21H23N2O.2C4H8O.2Y/c4*1-13(2)16-9-7-10-17(14(3)4)20(16)23-21(24)19-12-15-8-5-6-11-18(15)22-19;2*1-2-4-5-3-1;;/h2*5-14H,1-4H3,(H2,22,23,24);2*5-14H,1-4H3,(H-,22,23,24);2*1-4H2;;/q;;2*-1;;;2*+3/p-4. The maximum absolute atomic E-state index is 12.8. The smallest absolute Gasteiger partial charge is 0.859 e. The normalized spacial score (nSPS) is 12.9. The molecule has 0 saturated carbocycles. The van der Waals surface area contributed by atoms with Crippen molar-refractivity contribution in [1.82, 2.24) is 19.9 Å². The number of anilines is 2. The third-order valence-electron chi connectivity index (χ3n) is 18.8. The van der Waals surface area contributed by atoms with Crippen LogP contribution in [-0.2, 0) is 74.9 Å². The molecule has 2 saturated heterocycles. The van der Waals surface area contributed by atoms with E-state index in [1.807, 2.05) is 133 Å². The number of hydrogen-bond donors (Lipinski definition) is 2. The molecule has 12 aromatic rings. The number of nitrogens with zero attached hydrogens (tertiary/aromatic N) is 6. The Balaban J connectivity index is 0.000000190. The molecular weight excluding hydrogens is 1490 g/mol. The Bertz CT molecular complexity index is 4360. The average Bonchev–Trinajstić information content (AvgIpc) is 1.46. The van der Waals surface area contributed by atoms with Gasteiger partial charge in [-0.1, -0.05) is 316 Å². The van der Waals surface area contributed by atoms with Gasteiger partial charge in [-0.25, -0.2) is 0 Å². The van der Waals surface area contributed by atoms with Gasteiger partial charge < -0.3 is 50.3 Å². The molecule has 6 heterocycles. The molecule has 4 aromatic heterocycles. The van der Waals surface area contributed by atoms with E-state index in [4.69, 9.17) is 9.47 Å². The monoisotopic (exact) mass is 1600 g/mol. The SMILES string of the molecule is C1CCOC1.C1CCOC1.CC(C)c1cccc(C(C)C)c1N=C([O-])c1cc2ccccc2[n-]1.CC(C)c1cccc(C(C)C)c1N=C([O-])c1cc2ccccc2[n-]1.CC(C)c1cccc(C(C)C)c1NC(=O)c1cc2ccccc2[n-]1.CC(C)c1cccc(C(C)C)c1NC(=O)c1cc2ccccc2[n-]1.[Y+3].[Y+3]. The topological polar surface area (TPSA) is 204 Å². The molecule has 2 N–H and O–H groups in total. The minimum atomic E-state index is -0.277. The molecule has 0 spiro atoms. The molecule has 2 aliphatic rings. The Morgan fingerprint density at radius 3 is 0.741 bits per heavy atom. The first-order chi connectivity index (χ1) is 50.9. The van der Waals surface area contributed by atoms with Crippen molar-refractivity contribution in [3.63, 3.8) is 0 Å². The zero-order valence-corrected chi connectivity index (χ0v) is 71.7. The van der Waals surface area contributed by atoms with E-state index in [2.05, 4.69) is 212 Å². The summed E-state index contributed by atoms with van der Waals surface area (Å²) in [7, 11) is 0. The second kappa shape index (κ2) is 42.2. The number of aliphatic imine (C=N–C) groups is 2. The molecule has 0 bridgehead atoms. The van der Waals surface area contributed by atoms with E-state index in [-0.39, 0.29) is 89.0 Å². The molecule has 2 aliphatic heterocycles. The molecule has 14 rings (SSSR count). The van der Waals surface area contributed by atoms with E-state index < -0.39 is 0 Å². The first-order valence-corrected chi connectivity index (χ1v) is 37.8. The molecule has 556 valence electrons. The number of carbonyl (C=O) groups excluding carboxylic acids is 2. The number of fused-ring (bicyclic) bond motifs is 4. The molecule has 0 radical (unpaired) electrons. The van der Waals surface area contributed by atoms with Crippen LogP contribution in [-0.4, -0.2) is 50.0 Å². The van der Waals surface area contributed by atoms with E-state index in [0.29, 0.717) is 70.1 Å². The minimum absolute atomic E-state index is 0. The van der Waals surface area contributed by atoms with E-state index in [1.54, 1.807) is 0 Å². The quantitative estimate of drug-likeness (QED) is 0.0692. The van der Waals surface area contributed by atoms with Gasteiger partial charge in [0, 0.05) is 37.8 Å². The molecule has 8 aromatic carbocycles. The van der Waals surface area contributed by atoms with Gasteiger partial charge in [0.25, 0.3) is 0 Å². The number of nitrogens with one attached hydrogen (secondary N) is 2. The first kappa shape index (κ1) is 87.2. The molecule has 14 nitrogen and oxygen atoms in total. The van der Waals surface area contributed by atoms with E-state index in [0.717, 1.165) is 137 Å². The van der Waals surface area contributed by atoms with Crippen molar-refractivity contribution < 1.29 is 94.7 Å². The van der Waals surface area contributed by atoms with Crippen LogP contribution in [0.5, 0.6) is 0 Å². The van der Waals surface area contributed by atoms with Crippen molar-refractivity contribution in [3.05, 3.63) is 261 Å². The van der Waals surface area contributed by atoms with Crippen molar-refractivity contribution in [2.24, 2.45) is 9.98 Å². The van der Waals surface area contributed by atoms with Crippen molar-refractivity contribution >= 4 is 90.0 Å². The maximum atomic E-state index is 12.8. The Labute approximate surface area is 690 Å².